The van der Waals surface area contributed by atoms with Crippen molar-refractivity contribution in [2.24, 2.45) is 0 Å². The number of nitrogens with zero attached hydrogens (tertiary/aromatic N) is 1. The smallest absolute Gasteiger partial charge is 0.338 e. The second-order valence-corrected chi connectivity index (χ2v) is 6.04. The first-order valence-corrected chi connectivity index (χ1v) is 7.57. The molecule has 1 N–H and O–H groups in total. The van der Waals surface area contributed by atoms with Gasteiger partial charge in [-0.15, -0.1) is 0 Å². The number of anilines is 1. The zero-order valence-electron chi connectivity index (χ0n) is 12.0. The van der Waals surface area contributed by atoms with Crippen molar-refractivity contribution in [1.29, 1.82) is 0 Å². The van der Waals surface area contributed by atoms with Crippen molar-refractivity contribution < 1.29 is 23.9 Å². The van der Waals surface area contributed by atoms with E-state index in [1.807, 2.05) is 0 Å². The van der Waals surface area contributed by atoms with Crippen LogP contribution in [0.25, 0.3) is 0 Å². The summed E-state index contributed by atoms with van der Waals surface area (Å²) in [5.41, 5.74) is 1.69. The quantitative estimate of drug-likeness (QED) is 0.525. The summed E-state index contributed by atoms with van der Waals surface area (Å²) >= 11 is 0. The summed E-state index contributed by atoms with van der Waals surface area (Å²) in [5, 5.41) is 9.03. The lowest BCUT2D eigenvalue weighted by molar-refractivity contribution is -0.264. The van der Waals surface area contributed by atoms with Gasteiger partial charge in [-0.05, 0) is 50.6 Å². The van der Waals surface area contributed by atoms with Gasteiger partial charge < -0.3 is 4.74 Å². The number of esters is 1. The van der Waals surface area contributed by atoms with Crippen LogP contribution in [0.5, 0.6) is 0 Å². The molecule has 6 nitrogen and oxygen atoms in total. The first kappa shape index (κ1) is 15.7. The average molecular weight is 311 g/mol. The van der Waals surface area contributed by atoms with Gasteiger partial charge in [-0.1, -0.05) is 0 Å². The monoisotopic (exact) mass is 311 g/mol. The summed E-state index contributed by atoms with van der Waals surface area (Å²) in [7, 11) is -1.43. The summed E-state index contributed by atoms with van der Waals surface area (Å²) < 4.78 is 18.7. The molecule has 1 heterocycles. The molecule has 1 aliphatic heterocycles. The number of allylic oxidation sites excluding steroid dienone is 1. The van der Waals surface area contributed by atoms with E-state index in [2.05, 4.69) is 4.89 Å². The van der Waals surface area contributed by atoms with E-state index in [9.17, 15) is 9.00 Å². The Balaban J connectivity index is 2.27. The lowest BCUT2D eigenvalue weighted by Gasteiger charge is -2.23. The number of ether oxygens (including phenoxy) is 1. The second-order valence-electron chi connectivity index (χ2n) is 4.54. The van der Waals surface area contributed by atoms with Crippen molar-refractivity contribution in [2.75, 3.05) is 10.9 Å². The van der Waals surface area contributed by atoms with Gasteiger partial charge >= 0.3 is 5.97 Å². The zero-order chi connectivity index (χ0) is 15.6. The molecule has 0 amide bonds. The van der Waals surface area contributed by atoms with Gasteiger partial charge in [-0.3, -0.25) is 4.31 Å². The van der Waals surface area contributed by atoms with Gasteiger partial charge in [0.1, 0.15) is 0 Å². The van der Waals surface area contributed by atoms with Crippen molar-refractivity contribution in [1.82, 2.24) is 0 Å². The zero-order valence-corrected chi connectivity index (χ0v) is 12.8. The maximum atomic E-state index is 12.3. The Morgan fingerprint density at radius 3 is 2.48 bits per heavy atom. The third kappa shape index (κ3) is 2.85. The average Bonchev–Trinajstić information content (AvgIpc) is 2.71. The van der Waals surface area contributed by atoms with E-state index in [0.717, 1.165) is 0 Å². The highest BCUT2D eigenvalue weighted by Crippen LogP contribution is 2.34. The molecule has 114 valence electrons. The summed E-state index contributed by atoms with van der Waals surface area (Å²) in [6.45, 7) is 5.52. The molecule has 2 rings (SSSR count). The summed E-state index contributed by atoms with van der Waals surface area (Å²) in [6, 6.07) is 6.45. The van der Waals surface area contributed by atoms with E-state index in [1.165, 1.54) is 4.31 Å². The topological polar surface area (TPSA) is 76.1 Å². The molecular formula is C14H17NO5S. The number of hydrogen-bond donors (Lipinski definition) is 1. The first-order chi connectivity index (χ1) is 10.0. The molecule has 1 aromatic rings. The fourth-order valence-electron chi connectivity index (χ4n) is 2.03. The van der Waals surface area contributed by atoms with Crippen LogP contribution in [-0.4, -0.2) is 28.3 Å². The Bertz CT molecular complexity index is 596. The highest BCUT2D eigenvalue weighted by molar-refractivity contribution is 7.90. The van der Waals surface area contributed by atoms with Crippen LogP contribution in [0.1, 0.15) is 31.1 Å². The fourth-order valence-corrected chi connectivity index (χ4v) is 3.39. The van der Waals surface area contributed by atoms with Crippen LogP contribution < -0.4 is 4.31 Å². The van der Waals surface area contributed by atoms with Crippen molar-refractivity contribution in [3.8, 4) is 0 Å². The molecule has 0 radical (unpaired) electrons. The van der Waals surface area contributed by atoms with Crippen LogP contribution in [-0.2, 0) is 20.6 Å². The summed E-state index contributed by atoms with van der Waals surface area (Å²) in [5.74, 6) is -0.410. The van der Waals surface area contributed by atoms with Gasteiger partial charge in [0.05, 0.1) is 17.9 Å². The van der Waals surface area contributed by atoms with Gasteiger partial charge in [0, 0.05) is 4.91 Å². The number of carbonyl (C=O) groups is 1. The molecule has 0 bridgehead atoms. The van der Waals surface area contributed by atoms with Crippen LogP contribution in [0.2, 0.25) is 0 Å². The number of benzene rings is 1. The van der Waals surface area contributed by atoms with Gasteiger partial charge in [0.2, 0.25) is 0 Å². The number of rotatable bonds is 4. The predicted molar refractivity (Wildman–Crippen MR) is 78.9 cm³/mol. The van der Waals surface area contributed by atoms with Crippen LogP contribution in [0.4, 0.5) is 5.69 Å². The molecule has 1 aliphatic rings. The molecular weight excluding hydrogens is 294 g/mol. The summed E-state index contributed by atoms with van der Waals surface area (Å²) in [4.78, 5) is 16.7. The van der Waals surface area contributed by atoms with Gasteiger partial charge in [-0.25, -0.2) is 19.1 Å². The number of carbonyl (C=O) groups excluding carboxylic acids is 1. The van der Waals surface area contributed by atoms with Crippen molar-refractivity contribution in [2.45, 2.75) is 27.0 Å². The number of hydrogen-bond acceptors (Lipinski definition) is 5. The van der Waals surface area contributed by atoms with E-state index in [1.54, 1.807) is 45.0 Å². The van der Waals surface area contributed by atoms with Crippen LogP contribution in [0, 0.1) is 0 Å². The molecule has 0 aromatic heterocycles. The van der Waals surface area contributed by atoms with Crippen LogP contribution in [0.3, 0.4) is 0 Å². The van der Waals surface area contributed by atoms with E-state index in [-0.39, 0.29) is 0 Å². The van der Waals surface area contributed by atoms with Gasteiger partial charge in [0.25, 0.3) is 0 Å². The SMILES string of the molecule is CCOC(=O)c1ccc(N2[C@@H](OO)C(C)=C(C)S2=O)cc1. The lowest BCUT2D eigenvalue weighted by Crippen LogP contribution is -2.33. The minimum atomic E-state index is -1.43. The maximum Gasteiger partial charge on any atom is 0.338 e. The molecule has 0 fully saturated rings. The Labute approximate surface area is 125 Å². The minimum absolute atomic E-state index is 0.305. The third-order valence-electron chi connectivity index (χ3n) is 3.31. The maximum absolute atomic E-state index is 12.3. The Morgan fingerprint density at radius 2 is 1.95 bits per heavy atom. The fraction of sp³-hybridized carbons (Fsp3) is 0.357. The van der Waals surface area contributed by atoms with E-state index in [4.69, 9.17) is 9.99 Å². The van der Waals surface area contributed by atoms with Crippen LogP contribution >= 0.6 is 0 Å². The molecule has 21 heavy (non-hydrogen) atoms. The molecule has 0 saturated heterocycles. The molecule has 0 saturated carbocycles. The van der Waals surface area contributed by atoms with Crippen LogP contribution in [0.15, 0.2) is 34.7 Å². The molecule has 1 unspecified atom stereocenters. The predicted octanol–water partition coefficient (Wildman–Crippen LogP) is 2.46. The highest BCUT2D eigenvalue weighted by atomic mass is 32.2. The van der Waals surface area contributed by atoms with E-state index in [0.29, 0.717) is 28.3 Å². The molecule has 1 aromatic carbocycles. The third-order valence-corrected chi connectivity index (χ3v) is 4.92. The van der Waals surface area contributed by atoms with Crippen molar-refractivity contribution >= 4 is 22.6 Å². The Morgan fingerprint density at radius 1 is 1.33 bits per heavy atom. The van der Waals surface area contributed by atoms with Gasteiger partial charge in [-0.2, -0.15) is 0 Å². The highest BCUT2D eigenvalue weighted by Gasteiger charge is 2.36. The first-order valence-electron chi connectivity index (χ1n) is 6.47. The Kier molecular flexibility index (Phi) is 4.76. The molecule has 2 atom stereocenters. The molecule has 7 heteroatoms. The van der Waals surface area contributed by atoms with E-state index >= 15 is 0 Å². The Hall–Kier alpha value is -1.70. The minimum Gasteiger partial charge on any atom is -0.462 e. The lowest BCUT2D eigenvalue weighted by atomic mass is 10.2. The molecule has 0 aliphatic carbocycles. The normalized spacial score (nSPS) is 21.8. The summed E-state index contributed by atoms with van der Waals surface area (Å²) in [6.07, 6.45) is -0.792. The van der Waals surface area contributed by atoms with Crippen molar-refractivity contribution in [3.05, 3.63) is 40.3 Å². The second kappa shape index (κ2) is 6.38. The van der Waals surface area contributed by atoms with E-state index < -0.39 is 23.2 Å². The largest absolute Gasteiger partial charge is 0.462 e. The van der Waals surface area contributed by atoms with Gasteiger partial charge in [0.15, 0.2) is 17.2 Å². The standard InChI is InChI=1S/C14H17NO5S/c1-4-19-14(16)11-5-7-12(8-6-11)15-13(20-17)9(2)10(3)21(15)18/h5-8,13,17H,4H2,1-3H3/t13-,21?/m0/s1. The molecule has 0 spiro atoms. The van der Waals surface area contributed by atoms with Crippen molar-refractivity contribution in [3.63, 3.8) is 0 Å².